The van der Waals surface area contributed by atoms with Gasteiger partial charge in [-0.15, -0.1) is 0 Å². The first-order valence-corrected chi connectivity index (χ1v) is 8.81. The highest BCUT2D eigenvalue weighted by molar-refractivity contribution is 5.72. The molecule has 0 radical (unpaired) electrons. The molecule has 0 amide bonds. The van der Waals surface area contributed by atoms with Gasteiger partial charge < -0.3 is 4.90 Å². The molecule has 8 heteroatoms. The minimum Gasteiger partial charge on any atom is -0.352 e. The minimum absolute atomic E-state index is 0.135. The van der Waals surface area contributed by atoms with Gasteiger partial charge in [0.2, 0.25) is 0 Å². The van der Waals surface area contributed by atoms with Crippen LogP contribution >= 0.6 is 0 Å². The predicted molar refractivity (Wildman–Crippen MR) is 98.1 cm³/mol. The van der Waals surface area contributed by atoms with E-state index in [1.165, 1.54) is 17.8 Å². The number of halogens is 2. The Labute approximate surface area is 156 Å². The predicted octanol–water partition coefficient (Wildman–Crippen LogP) is 2.48. The number of aromatic nitrogens is 4. The molecule has 0 spiro atoms. The SMILES string of the molecule is Cn1cc(CN2CCN(c3nccnc3-c3cc(F)ccc3F)CC2)cn1. The molecule has 27 heavy (non-hydrogen) atoms. The van der Waals surface area contributed by atoms with Gasteiger partial charge in [-0.25, -0.2) is 13.8 Å². The molecule has 0 saturated carbocycles. The Morgan fingerprint density at radius 2 is 1.81 bits per heavy atom. The fraction of sp³-hybridized carbons (Fsp3) is 0.316. The average molecular weight is 370 g/mol. The number of aryl methyl sites for hydroxylation is 1. The maximum absolute atomic E-state index is 14.2. The van der Waals surface area contributed by atoms with Crippen LogP contribution in [0.5, 0.6) is 0 Å². The molecule has 1 aliphatic rings. The molecule has 0 bridgehead atoms. The first kappa shape index (κ1) is 17.5. The zero-order valence-corrected chi connectivity index (χ0v) is 15.0. The molecule has 3 aromatic rings. The number of hydrogen-bond acceptors (Lipinski definition) is 5. The number of piperazine rings is 1. The second kappa shape index (κ2) is 7.40. The van der Waals surface area contributed by atoms with Gasteiger partial charge in [0.15, 0.2) is 5.82 Å². The lowest BCUT2D eigenvalue weighted by Gasteiger charge is -2.35. The quantitative estimate of drug-likeness (QED) is 0.706. The molecule has 3 heterocycles. The molecule has 1 fully saturated rings. The molecular weight excluding hydrogens is 350 g/mol. The first-order valence-electron chi connectivity index (χ1n) is 8.81. The van der Waals surface area contributed by atoms with Gasteiger partial charge in [0.05, 0.1) is 6.20 Å². The smallest absolute Gasteiger partial charge is 0.155 e. The van der Waals surface area contributed by atoms with Crippen LogP contribution in [0.3, 0.4) is 0 Å². The zero-order chi connectivity index (χ0) is 18.8. The molecule has 140 valence electrons. The van der Waals surface area contributed by atoms with E-state index in [2.05, 4.69) is 24.9 Å². The van der Waals surface area contributed by atoms with E-state index in [1.807, 2.05) is 19.4 Å². The molecule has 1 aromatic carbocycles. The third-order valence-corrected chi connectivity index (χ3v) is 4.70. The number of nitrogens with zero attached hydrogens (tertiary/aromatic N) is 6. The topological polar surface area (TPSA) is 50.1 Å². The van der Waals surface area contributed by atoms with Crippen molar-refractivity contribution in [1.29, 1.82) is 0 Å². The molecule has 0 N–H and O–H groups in total. The van der Waals surface area contributed by atoms with Crippen molar-refractivity contribution in [3.8, 4) is 11.3 Å². The van der Waals surface area contributed by atoms with Crippen LogP contribution in [0.15, 0.2) is 43.0 Å². The van der Waals surface area contributed by atoms with Crippen molar-refractivity contribution in [2.45, 2.75) is 6.54 Å². The lowest BCUT2D eigenvalue weighted by Crippen LogP contribution is -2.46. The maximum atomic E-state index is 14.2. The van der Waals surface area contributed by atoms with Crippen LogP contribution < -0.4 is 4.90 Å². The van der Waals surface area contributed by atoms with Gasteiger partial charge in [0.1, 0.15) is 17.3 Å². The molecule has 6 nitrogen and oxygen atoms in total. The van der Waals surface area contributed by atoms with E-state index in [0.717, 1.165) is 44.9 Å². The van der Waals surface area contributed by atoms with E-state index < -0.39 is 11.6 Å². The molecule has 1 aliphatic heterocycles. The van der Waals surface area contributed by atoms with Crippen LogP contribution in [0, 0.1) is 11.6 Å². The highest BCUT2D eigenvalue weighted by atomic mass is 19.1. The normalized spacial score (nSPS) is 15.3. The van der Waals surface area contributed by atoms with E-state index >= 15 is 0 Å². The zero-order valence-electron chi connectivity index (χ0n) is 15.0. The van der Waals surface area contributed by atoms with E-state index in [9.17, 15) is 8.78 Å². The largest absolute Gasteiger partial charge is 0.352 e. The van der Waals surface area contributed by atoms with Gasteiger partial charge in [0.25, 0.3) is 0 Å². The van der Waals surface area contributed by atoms with Crippen LogP contribution in [0.25, 0.3) is 11.3 Å². The van der Waals surface area contributed by atoms with E-state index in [1.54, 1.807) is 10.9 Å². The number of hydrogen-bond donors (Lipinski definition) is 0. The van der Waals surface area contributed by atoms with E-state index in [-0.39, 0.29) is 5.56 Å². The summed E-state index contributed by atoms with van der Waals surface area (Å²) in [5.74, 6) is -0.416. The third kappa shape index (κ3) is 3.80. The molecular formula is C19H20F2N6. The summed E-state index contributed by atoms with van der Waals surface area (Å²) in [6.07, 6.45) is 6.97. The lowest BCUT2D eigenvalue weighted by molar-refractivity contribution is 0.249. The minimum atomic E-state index is -0.506. The summed E-state index contributed by atoms with van der Waals surface area (Å²) in [4.78, 5) is 13.1. The summed E-state index contributed by atoms with van der Waals surface area (Å²) >= 11 is 0. The molecule has 2 aromatic heterocycles. The van der Waals surface area contributed by atoms with Gasteiger partial charge in [-0.3, -0.25) is 14.6 Å². The molecule has 0 atom stereocenters. The molecule has 0 unspecified atom stereocenters. The van der Waals surface area contributed by atoms with Gasteiger partial charge in [0, 0.05) is 69.5 Å². The Morgan fingerprint density at radius 1 is 1.04 bits per heavy atom. The second-order valence-corrected chi connectivity index (χ2v) is 6.64. The summed E-state index contributed by atoms with van der Waals surface area (Å²) in [5, 5.41) is 4.20. The standard InChI is InChI=1S/C19H20F2N6/c1-25-12-14(11-24-25)13-26-6-8-27(9-7-26)19-18(22-4-5-23-19)16-10-15(20)2-3-17(16)21/h2-5,10-12H,6-9,13H2,1H3. The van der Waals surface area contributed by atoms with Gasteiger partial charge in [-0.1, -0.05) is 0 Å². The van der Waals surface area contributed by atoms with Gasteiger partial charge in [-0.05, 0) is 18.2 Å². The van der Waals surface area contributed by atoms with E-state index in [0.29, 0.717) is 11.5 Å². The number of benzene rings is 1. The second-order valence-electron chi connectivity index (χ2n) is 6.64. The third-order valence-electron chi connectivity index (χ3n) is 4.70. The van der Waals surface area contributed by atoms with Crippen molar-refractivity contribution in [1.82, 2.24) is 24.6 Å². The summed E-state index contributed by atoms with van der Waals surface area (Å²) in [6, 6.07) is 3.39. The monoisotopic (exact) mass is 370 g/mol. The Balaban J connectivity index is 1.51. The van der Waals surface area contributed by atoms with Crippen molar-refractivity contribution in [3.63, 3.8) is 0 Å². The number of rotatable bonds is 4. The summed E-state index contributed by atoms with van der Waals surface area (Å²) < 4.78 is 29.7. The van der Waals surface area contributed by atoms with Crippen LogP contribution in [0.4, 0.5) is 14.6 Å². The Kier molecular flexibility index (Phi) is 4.81. The van der Waals surface area contributed by atoms with Crippen molar-refractivity contribution in [2.24, 2.45) is 7.05 Å². The Bertz CT molecular complexity index is 933. The maximum Gasteiger partial charge on any atom is 0.155 e. The average Bonchev–Trinajstić information content (AvgIpc) is 3.09. The van der Waals surface area contributed by atoms with Crippen molar-refractivity contribution >= 4 is 5.82 Å². The van der Waals surface area contributed by atoms with Crippen molar-refractivity contribution in [3.05, 3.63) is 60.2 Å². The summed E-state index contributed by atoms with van der Waals surface area (Å²) in [7, 11) is 1.91. The first-order chi connectivity index (χ1) is 13.1. The molecule has 0 aliphatic carbocycles. The highest BCUT2D eigenvalue weighted by Crippen LogP contribution is 2.30. The van der Waals surface area contributed by atoms with Gasteiger partial charge in [-0.2, -0.15) is 5.10 Å². The fourth-order valence-corrected chi connectivity index (χ4v) is 3.36. The van der Waals surface area contributed by atoms with E-state index in [4.69, 9.17) is 0 Å². The Morgan fingerprint density at radius 3 is 2.56 bits per heavy atom. The van der Waals surface area contributed by atoms with Crippen molar-refractivity contribution < 1.29 is 8.78 Å². The van der Waals surface area contributed by atoms with Crippen molar-refractivity contribution in [2.75, 3.05) is 31.1 Å². The molecule has 4 rings (SSSR count). The fourth-order valence-electron chi connectivity index (χ4n) is 3.36. The summed E-state index contributed by atoms with van der Waals surface area (Å²) in [6.45, 7) is 4.01. The summed E-state index contributed by atoms with van der Waals surface area (Å²) in [5.41, 5.74) is 1.68. The van der Waals surface area contributed by atoms with Crippen LogP contribution in [-0.2, 0) is 13.6 Å². The highest BCUT2D eigenvalue weighted by Gasteiger charge is 2.23. The van der Waals surface area contributed by atoms with Gasteiger partial charge >= 0.3 is 0 Å². The van der Waals surface area contributed by atoms with Crippen LogP contribution in [0.1, 0.15) is 5.56 Å². The van der Waals surface area contributed by atoms with Crippen LogP contribution in [0.2, 0.25) is 0 Å². The molecule has 1 saturated heterocycles. The Hall–Kier alpha value is -2.87. The lowest BCUT2D eigenvalue weighted by atomic mass is 10.1. The van der Waals surface area contributed by atoms with Crippen LogP contribution in [-0.4, -0.2) is 50.8 Å². The number of anilines is 1.